The molecule has 0 spiro atoms. The van der Waals surface area contributed by atoms with Gasteiger partial charge in [0, 0.05) is 5.75 Å². The summed E-state index contributed by atoms with van der Waals surface area (Å²) in [6.07, 6.45) is -4.31. The van der Waals surface area contributed by atoms with E-state index < -0.39 is 11.7 Å². The van der Waals surface area contributed by atoms with Crippen molar-refractivity contribution in [2.75, 3.05) is 0 Å². The van der Waals surface area contributed by atoms with E-state index in [9.17, 15) is 13.2 Å². The SMILES string of the molecule is FC(F)(F)c1ccc(CSC2=NC(c3ccccc3)C(c3ccccc3)N2)cc1. The summed E-state index contributed by atoms with van der Waals surface area (Å²) in [5.74, 6) is 0.549. The zero-order valence-corrected chi connectivity index (χ0v) is 16.3. The van der Waals surface area contributed by atoms with Crippen molar-refractivity contribution in [3.63, 3.8) is 0 Å². The van der Waals surface area contributed by atoms with Gasteiger partial charge in [-0.2, -0.15) is 13.2 Å². The Bertz CT molecular complexity index is 971. The molecule has 0 bridgehead atoms. The summed E-state index contributed by atoms with van der Waals surface area (Å²) in [6, 6.07) is 25.5. The highest BCUT2D eigenvalue weighted by atomic mass is 32.2. The molecule has 1 heterocycles. The summed E-state index contributed by atoms with van der Waals surface area (Å²) >= 11 is 1.50. The highest BCUT2D eigenvalue weighted by Crippen LogP contribution is 2.38. The monoisotopic (exact) mass is 412 g/mol. The summed E-state index contributed by atoms with van der Waals surface area (Å²) in [4.78, 5) is 4.88. The number of amidine groups is 1. The second-order valence-corrected chi connectivity index (χ2v) is 7.77. The Morgan fingerprint density at radius 3 is 1.97 bits per heavy atom. The molecule has 29 heavy (non-hydrogen) atoms. The summed E-state index contributed by atoms with van der Waals surface area (Å²) < 4.78 is 38.2. The fraction of sp³-hybridized carbons (Fsp3) is 0.174. The minimum atomic E-state index is -4.31. The summed E-state index contributed by atoms with van der Waals surface area (Å²) in [6.45, 7) is 0. The van der Waals surface area contributed by atoms with Gasteiger partial charge in [-0.3, -0.25) is 4.99 Å². The standard InChI is InChI=1S/C23H19F3N2S/c24-23(25,26)19-13-11-16(12-14-19)15-29-22-27-20(17-7-3-1-4-8-17)21(28-22)18-9-5-2-6-10-18/h1-14,20-21H,15H2,(H,27,28). The second-order valence-electron chi connectivity index (χ2n) is 6.81. The molecule has 1 N–H and O–H groups in total. The average Bonchev–Trinajstić information content (AvgIpc) is 3.18. The molecule has 1 aliphatic heterocycles. The molecule has 4 rings (SSSR count). The summed E-state index contributed by atoms with van der Waals surface area (Å²) in [7, 11) is 0. The molecular formula is C23H19F3N2S. The molecule has 0 saturated carbocycles. The van der Waals surface area contributed by atoms with E-state index in [0.717, 1.165) is 34.0 Å². The van der Waals surface area contributed by atoms with Crippen molar-refractivity contribution < 1.29 is 13.2 Å². The van der Waals surface area contributed by atoms with Gasteiger partial charge in [0.2, 0.25) is 0 Å². The minimum Gasteiger partial charge on any atom is -0.356 e. The van der Waals surface area contributed by atoms with Crippen molar-refractivity contribution in [3.8, 4) is 0 Å². The Morgan fingerprint density at radius 1 is 0.793 bits per heavy atom. The molecule has 0 saturated heterocycles. The van der Waals surface area contributed by atoms with Crippen LogP contribution < -0.4 is 5.32 Å². The maximum absolute atomic E-state index is 12.7. The molecule has 3 aromatic carbocycles. The lowest BCUT2D eigenvalue weighted by molar-refractivity contribution is -0.137. The largest absolute Gasteiger partial charge is 0.416 e. The van der Waals surface area contributed by atoms with Crippen LogP contribution in [0.15, 0.2) is 89.9 Å². The number of thioether (sulfide) groups is 1. The number of nitrogens with one attached hydrogen (secondary N) is 1. The Hall–Kier alpha value is -2.73. The number of rotatable bonds is 4. The van der Waals surface area contributed by atoms with Gasteiger partial charge in [-0.05, 0) is 28.8 Å². The van der Waals surface area contributed by atoms with Crippen LogP contribution in [0.2, 0.25) is 0 Å². The van der Waals surface area contributed by atoms with Crippen LogP contribution in [0.25, 0.3) is 0 Å². The van der Waals surface area contributed by atoms with E-state index in [1.807, 2.05) is 36.4 Å². The van der Waals surface area contributed by atoms with E-state index in [0.29, 0.717) is 5.75 Å². The molecule has 1 aliphatic rings. The van der Waals surface area contributed by atoms with E-state index in [2.05, 4.69) is 29.6 Å². The third-order valence-electron chi connectivity index (χ3n) is 4.81. The van der Waals surface area contributed by atoms with Gasteiger partial charge in [0.15, 0.2) is 5.17 Å². The zero-order chi connectivity index (χ0) is 20.3. The van der Waals surface area contributed by atoms with Crippen molar-refractivity contribution in [3.05, 3.63) is 107 Å². The van der Waals surface area contributed by atoms with Crippen LogP contribution in [0.1, 0.15) is 34.3 Å². The van der Waals surface area contributed by atoms with E-state index in [1.165, 1.54) is 23.9 Å². The fourth-order valence-corrected chi connectivity index (χ4v) is 4.21. The number of benzene rings is 3. The normalized spacial score (nSPS) is 18.9. The number of hydrogen-bond acceptors (Lipinski definition) is 3. The molecule has 2 nitrogen and oxygen atoms in total. The highest BCUT2D eigenvalue weighted by Gasteiger charge is 2.32. The highest BCUT2D eigenvalue weighted by molar-refractivity contribution is 8.13. The maximum Gasteiger partial charge on any atom is 0.416 e. The maximum atomic E-state index is 12.7. The zero-order valence-electron chi connectivity index (χ0n) is 15.4. The van der Waals surface area contributed by atoms with Crippen LogP contribution in [0.4, 0.5) is 13.2 Å². The second kappa shape index (κ2) is 8.33. The Kier molecular flexibility index (Phi) is 5.62. The molecule has 0 aromatic heterocycles. The van der Waals surface area contributed by atoms with E-state index in [4.69, 9.17) is 4.99 Å². The third-order valence-corrected chi connectivity index (χ3v) is 5.78. The number of hydrogen-bond donors (Lipinski definition) is 1. The predicted molar refractivity (Wildman–Crippen MR) is 112 cm³/mol. The summed E-state index contributed by atoms with van der Waals surface area (Å²) in [5.41, 5.74) is 2.47. The molecule has 6 heteroatoms. The van der Waals surface area contributed by atoms with Crippen LogP contribution in [0, 0.1) is 0 Å². The molecule has 148 valence electrons. The topological polar surface area (TPSA) is 24.4 Å². The van der Waals surface area contributed by atoms with Gasteiger partial charge in [0.1, 0.15) is 6.04 Å². The third kappa shape index (κ3) is 4.65. The van der Waals surface area contributed by atoms with Crippen molar-refractivity contribution in [1.82, 2.24) is 5.32 Å². The van der Waals surface area contributed by atoms with Crippen molar-refractivity contribution in [1.29, 1.82) is 0 Å². The van der Waals surface area contributed by atoms with Gasteiger partial charge < -0.3 is 5.32 Å². The lowest BCUT2D eigenvalue weighted by Crippen LogP contribution is -2.22. The van der Waals surface area contributed by atoms with Crippen LogP contribution >= 0.6 is 11.8 Å². The van der Waals surface area contributed by atoms with E-state index >= 15 is 0 Å². The molecule has 0 radical (unpaired) electrons. The Balaban J connectivity index is 1.50. The number of nitrogens with zero attached hydrogens (tertiary/aromatic N) is 1. The smallest absolute Gasteiger partial charge is 0.356 e. The quantitative estimate of drug-likeness (QED) is 0.538. The van der Waals surface area contributed by atoms with Crippen molar-refractivity contribution in [2.45, 2.75) is 24.0 Å². The molecule has 2 unspecified atom stereocenters. The lowest BCUT2D eigenvalue weighted by atomic mass is 9.95. The van der Waals surface area contributed by atoms with Gasteiger partial charge in [-0.15, -0.1) is 0 Å². The van der Waals surface area contributed by atoms with Gasteiger partial charge in [0.25, 0.3) is 0 Å². The van der Waals surface area contributed by atoms with Crippen molar-refractivity contribution in [2.24, 2.45) is 4.99 Å². The summed E-state index contributed by atoms with van der Waals surface area (Å²) in [5, 5.41) is 4.29. The van der Waals surface area contributed by atoms with Crippen LogP contribution in [0.5, 0.6) is 0 Å². The lowest BCUT2D eigenvalue weighted by Gasteiger charge is -2.19. The molecule has 3 aromatic rings. The Labute approximate surface area is 171 Å². The van der Waals surface area contributed by atoms with Crippen LogP contribution in [-0.4, -0.2) is 5.17 Å². The van der Waals surface area contributed by atoms with E-state index in [-0.39, 0.29) is 12.1 Å². The average molecular weight is 412 g/mol. The fourth-order valence-electron chi connectivity index (χ4n) is 3.31. The van der Waals surface area contributed by atoms with Crippen LogP contribution in [-0.2, 0) is 11.9 Å². The van der Waals surface area contributed by atoms with Gasteiger partial charge in [-0.25, -0.2) is 0 Å². The molecule has 2 atom stereocenters. The molecule has 0 aliphatic carbocycles. The van der Waals surface area contributed by atoms with Crippen LogP contribution in [0.3, 0.4) is 0 Å². The number of aliphatic imine (C=N–C) groups is 1. The minimum absolute atomic E-state index is 0.0219. The first-order chi connectivity index (χ1) is 14.0. The Morgan fingerprint density at radius 2 is 1.38 bits per heavy atom. The van der Waals surface area contributed by atoms with E-state index in [1.54, 1.807) is 0 Å². The molecular weight excluding hydrogens is 393 g/mol. The number of halogens is 3. The predicted octanol–water partition coefficient (Wildman–Crippen LogP) is 6.38. The first kappa shape index (κ1) is 19.6. The first-order valence-corrected chi connectivity index (χ1v) is 10.2. The number of alkyl halides is 3. The van der Waals surface area contributed by atoms with Gasteiger partial charge in [0.05, 0.1) is 11.6 Å². The van der Waals surface area contributed by atoms with Gasteiger partial charge >= 0.3 is 6.18 Å². The first-order valence-electron chi connectivity index (χ1n) is 9.24. The molecule has 0 amide bonds. The van der Waals surface area contributed by atoms with Crippen molar-refractivity contribution >= 4 is 16.9 Å². The van der Waals surface area contributed by atoms with Gasteiger partial charge in [-0.1, -0.05) is 84.6 Å². The molecule has 0 fully saturated rings.